The van der Waals surface area contributed by atoms with Crippen molar-refractivity contribution >= 4 is 33.8 Å². The number of carbonyl (C=O) groups excluding carboxylic acids is 2. The molecule has 0 atom stereocenters. The van der Waals surface area contributed by atoms with E-state index in [0.29, 0.717) is 16.5 Å². The fraction of sp³-hybridized carbons (Fsp3) is 0.500. The molecule has 0 bridgehead atoms. The molecule has 1 saturated carbocycles. The van der Waals surface area contributed by atoms with Gasteiger partial charge in [-0.25, -0.2) is 0 Å². The summed E-state index contributed by atoms with van der Waals surface area (Å²) < 4.78 is 0. The third-order valence-corrected chi connectivity index (χ3v) is 4.51. The molecule has 19 heavy (non-hydrogen) atoms. The van der Waals surface area contributed by atoms with Crippen molar-refractivity contribution in [1.82, 2.24) is 5.32 Å². The Kier molecular flexibility index (Phi) is 3.66. The normalized spacial score (nSPS) is 14.2. The number of nitrogen functional groups attached to an aromatic ring is 1. The Balaban J connectivity index is 2.41. The lowest BCUT2D eigenvalue weighted by molar-refractivity contribution is 0.0964. The highest BCUT2D eigenvalue weighted by Gasteiger charge is 2.29. The van der Waals surface area contributed by atoms with Gasteiger partial charge in [-0.15, -0.1) is 11.3 Å². The first-order valence-electron chi connectivity index (χ1n) is 6.11. The Labute approximate surface area is 115 Å². The molecule has 1 aliphatic carbocycles. The number of nitrogens with two attached hydrogens (primary N) is 2. The first kappa shape index (κ1) is 13.7. The van der Waals surface area contributed by atoms with Gasteiger partial charge in [0.2, 0.25) is 0 Å². The van der Waals surface area contributed by atoms with Crippen LogP contribution in [0.5, 0.6) is 0 Å². The number of rotatable bonds is 5. The lowest BCUT2D eigenvalue weighted by Gasteiger charge is -2.18. The Bertz CT molecular complexity index is 522. The maximum Gasteiger partial charge on any atom is 0.260 e. The maximum atomic E-state index is 11.9. The van der Waals surface area contributed by atoms with Gasteiger partial charge in [-0.05, 0) is 18.8 Å². The van der Waals surface area contributed by atoms with Gasteiger partial charge in [0.25, 0.3) is 11.8 Å². The van der Waals surface area contributed by atoms with Crippen LogP contribution in [-0.2, 0) is 0 Å². The van der Waals surface area contributed by atoms with Crippen molar-refractivity contribution in [2.75, 3.05) is 31.3 Å². The number of hydrogen-bond donors (Lipinski definition) is 3. The zero-order valence-corrected chi connectivity index (χ0v) is 11.8. The van der Waals surface area contributed by atoms with Crippen LogP contribution in [0.25, 0.3) is 0 Å². The van der Waals surface area contributed by atoms with Crippen molar-refractivity contribution in [2.45, 2.75) is 12.8 Å². The first-order valence-corrected chi connectivity index (χ1v) is 6.92. The molecule has 1 fully saturated rings. The van der Waals surface area contributed by atoms with Crippen molar-refractivity contribution in [3.63, 3.8) is 0 Å². The first-order chi connectivity index (χ1) is 8.95. The lowest BCUT2D eigenvalue weighted by atomic mass is 10.2. The molecule has 6 nitrogen and oxygen atoms in total. The molecule has 2 rings (SSSR count). The SMILES string of the molecule is CNC(=O)c1c(N(C)CC2CC2)sc(C(N)=O)c1N. The number of thiophene rings is 1. The van der Waals surface area contributed by atoms with Crippen LogP contribution >= 0.6 is 11.3 Å². The van der Waals surface area contributed by atoms with Crippen LogP contribution in [0.15, 0.2) is 0 Å². The summed E-state index contributed by atoms with van der Waals surface area (Å²) in [6.07, 6.45) is 2.42. The van der Waals surface area contributed by atoms with Gasteiger partial charge in [0.1, 0.15) is 9.88 Å². The molecule has 1 aromatic heterocycles. The van der Waals surface area contributed by atoms with Crippen molar-refractivity contribution in [1.29, 1.82) is 0 Å². The summed E-state index contributed by atoms with van der Waals surface area (Å²) in [5.74, 6) is -0.222. The zero-order valence-electron chi connectivity index (χ0n) is 11.0. The Morgan fingerprint density at radius 1 is 1.47 bits per heavy atom. The van der Waals surface area contributed by atoms with Gasteiger partial charge in [-0.3, -0.25) is 9.59 Å². The Morgan fingerprint density at radius 3 is 2.58 bits per heavy atom. The molecule has 5 N–H and O–H groups in total. The number of nitrogens with zero attached hydrogens (tertiary/aromatic N) is 1. The molecule has 1 aliphatic rings. The molecule has 2 amide bonds. The van der Waals surface area contributed by atoms with Gasteiger partial charge < -0.3 is 21.7 Å². The third-order valence-electron chi connectivity index (χ3n) is 3.18. The van der Waals surface area contributed by atoms with Crippen molar-refractivity contribution in [3.05, 3.63) is 10.4 Å². The number of primary amides is 1. The molecule has 104 valence electrons. The average molecular weight is 282 g/mol. The molecule has 7 heteroatoms. The minimum Gasteiger partial charge on any atom is -0.397 e. The third kappa shape index (κ3) is 2.65. The monoisotopic (exact) mass is 282 g/mol. The van der Waals surface area contributed by atoms with Gasteiger partial charge in [0.05, 0.1) is 11.3 Å². The van der Waals surface area contributed by atoms with E-state index in [4.69, 9.17) is 11.5 Å². The Morgan fingerprint density at radius 2 is 2.11 bits per heavy atom. The fourth-order valence-corrected chi connectivity index (χ4v) is 3.04. The second-order valence-electron chi connectivity index (χ2n) is 4.79. The fourth-order valence-electron chi connectivity index (χ4n) is 2.00. The van der Waals surface area contributed by atoms with Crippen LogP contribution in [0.3, 0.4) is 0 Å². The van der Waals surface area contributed by atoms with Crippen LogP contribution in [0.4, 0.5) is 10.7 Å². The average Bonchev–Trinajstić information content (AvgIpc) is 3.09. The Hall–Kier alpha value is -1.76. The van der Waals surface area contributed by atoms with Crippen LogP contribution in [0, 0.1) is 5.92 Å². The lowest BCUT2D eigenvalue weighted by Crippen LogP contribution is -2.25. The van der Waals surface area contributed by atoms with Crippen LogP contribution in [0.2, 0.25) is 0 Å². The molecular weight excluding hydrogens is 264 g/mol. The van der Waals surface area contributed by atoms with Gasteiger partial charge in [-0.2, -0.15) is 0 Å². The second-order valence-corrected chi connectivity index (χ2v) is 5.79. The summed E-state index contributed by atoms with van der Waals surface area (Å²) in [6, 6.07) is 0. The van der Waals surface area contributed by atoms with E-state index in [2.05, 4.69) is 5.32 Å². The maximum absolute atomic E-state index is 11.9. The molecule has 0 aromatic carbocycles. The largest absolute Gasteiger partial charge is 0.397 e. The predicted molar refractivity (Wildman–Crippen MR) is 76.6 cm³/mol. The summed E-state index contributed by atoms with van der Waals surface area (Å²) in [5.41, 5.74) is 11.7. The summed E-state index contributed by atoms with van der Waals surface area (Å²) in [5, 5.41) is 3.25. The summed E-state index contributed by atoms with van der Waals surface area (Å²) >= 11 is 1.18. The van der Waals surface area contributed by atoms with Crippen LogP contribution < -0.4 is 21.7 Å². The standard InChI is InChI=1S/C12H18N4O2S/c1-15-11(18)7-8(13)9(10(14)17)19-12(7)16(2)5-6-3-4-6/h6H,3-5,13H2,1-2H3,(H2,14,17)(H,15,18). The molecule has 1 heterocycles. The summed E-state index contributed by atoms with van der Waals surface area (Å²) in [4.78, 5) is 25.5. The smallest absolute Gasteiger partial charge is 0.260 e. The number of anilines is 2. The van der Waals surface area contributed by atoms with Gasteiger partial charge >= 0.3 is 0 Å². The summed E-state index contributed by atoms with van der Waals surface area (Å²) in [6.45, 7) is 0.863. The van der Waals surface area contributed by atoms with E-state index < -0.39 is 5.91 Å². The van der Waals surface area contributed by atoms with E-state index in [1.807, 2.05) is 11.9 Å². The summed E-state index contributed by atoms with van der Waals surface area (Å²) in [7, 11) is 3.44. The highest BCUT2D eigenvalue weighted by atomic mass is 32.1. The molecular formula is C12H18N4O2S. The van der Waals surface area contributed by atoms with Crippen molar-refractivity contribution in [3.8, 4) is 0 Å². The van der Waals surface area contributed by atoms with Crippen molar-refractivity contribution in [2.24, 2.45) is 11.7 Å². The zero-order chi connectivity index (χ0) is 14.2. The van der Waals surface area contributed by atoms with Crippen LogP contribution in [0.1, 0.15) is 32.9 Å². The minimum absolute atomic E-state index is 0.175. The van der Waals surface area contributed by atoms with E-state index in [9.17, 15) is 9.59 Å². The molecule has 0 radical (unpaired) electrons. The van der Waals surface area contributed by atoms with E-state index in [1.54, 1.807) is 0 Å². The van der Waals surface area contributed by atoms with Gasteiger partial charge in [-0.1, -0.05) is 0 Å². The topological polar surface area (TPSA) is 101 Å². The van der Waals surface area contributed by atoms with E-state index in [-0.39, 0.29) is 16.5 Å². The second kappa shape index (κ2) is 5.08. The van der Waals surface area contributed by atoms with Crippen molar-refractivity contribution < 1.29 is 9.59 Å². The molecule has 1 aromatic rings. The molecule has 0 saturated heterocycles. The van der Waals surface area contributed by atoms with E-state index in [1.165, 1.54) is 31.2 Å². The van der Waals surface area contributed by atoms with Gasteiger partial charge in [0, 0.05) is 20.6 Å². The minimum atomic E-state index is -0.598. The number of hydrogen-bond acceptors (Lipinski definition) is 5. The molecule has 0 spiro atoms. The number of amides is 2. The van der Waals surface area contributed by atoms with E-state index >= 15 is 0 Å². The quantitative estimate of drug-likeness (QED) is 0.737. The van der Waals surface area contributed by atoms with E-state index in [0.717, 1.165) is 6.54 Å². The van der Waals surface area contributed by atoms with Gasteiger partial charge in [0.15, 0.2) is 0 Å². The molecule has 0 unspecified atom stereocenters. The number of nitrogens with one attached hydrogen (secondary N) is 1. The predicted octanol–water partition coefficient (Wildman–Crippen LogP) is 0.635. The highest BCUT2D eigenvalue weighted by molar-refractivity contribution is 7.19. The number of carbonyl (C=O) groups is 2. The highest BCUT2D eigenvalue weighted by Crippen LogP contribution is 2.39. The van der Waals surface area contributed by atoms with Crippen LogP contribution in [-0.4, -0.2) is 32.5 Å². The molecule has 0 aliphatic heterocycles.